The number of aliphatic hydroxyl groups excluding tert-OH is 3. The summed E-state index contributed by atoms with van der Waals surface area (Å²) in [6.45, 7) is 9.26. The maximum Gasteiger partial charge on any atom is 0.195 e. The Balaban J connectivity index is 1.70. The molecule has 0 spiro atoms. The molecule has 0 saturated carbocycles. The van der Waals surface area contributed by atoms with E-state index < -0.39 is 69.5 Å². The van der Waals surface area contributed by atoms with Gasteiger partial charge in [-0.05, 0) is 40.4 Å². The maximum absolute atomic E-state index is 11.9. The Bertz CT molecular complexity index is 1450. The molecule has 0 bridgehead atoms. The summed E-state index contributed by atoms with van der Waals surface area (Å²) >= 11 is 0. The number of azide groups is 1. The van der Waals surface area contributed by atoms with E-state index in [1.165, 1.54) is 14.2 Å². The standard InChI is InChI=1S/C38H53N3O10Si/c1-37(2,3)52(6,7)51-36-30(40-41-39)33(47-24-45-4)35(48-25-46-5)34(50-36)32(44)31(43)29(42)23-49-38(26-17-11-8-12-18-26,27-19-13-9-14-20-27)28-21-15-10-16-22-28/h8-22,29-36,42-44H,23-25H2,1-7H3/t29-,30+,31+,32+,33-,34-,35+,36-/m0/s1. The number of hydrogen-bond acceptors (Lipinski definition) is 11. The van der Waals surface area contributed by atoms with Gasteiger partial charge in [-0.3, -0.25) is 0 Å². The van der Waals surface area contributed by atoms with Gasteiger partial charge in [0.2, 0.25) is 0 Å². The largest absolute Gasteiger partial charge is 0.392 e. The van der Waals surface area contributed by atoms with E-state index >= 15 is 0 Å². The lowest BCUT2D eigenvalue weighted by atomic mass is 9.80. The smallest absolute Gasteiger partial charge is 0.195 e. The van der Waals surface area contributed by atoms with Gasteiger partial charge in [0.15, 0.2) is 14.6 Å². The van der Waals surface area contributed by atoms with Crippen LogP contribution in [0.5, 0.6) is 0 Å². The van der Waals surface area contributed by atoms with E-state index in [1.807, 2.05) is 125 Å². The molecular weight excluding hydrogens is 687 g/mol. The second-order valence-corrected chi connectivity index (χ2v) is 19.0. The van der Waals surface area contributed by atoms with Gasteiger partial charge in [-0.25, -0.2) is 0 Å². The highest BCUT2D eigenvalue weighted by Gasteiger charge is 2.54. The SMILES string of the molecule is COCO[C@H]1[C@H]([C@H](O)[C@H](O)[C@@H](O)COC(c2ccccc2)(c2ccccc2)c2ccccc2)O[C@@H](O[Si](C)(C)C(C)(C)C)[C@H](N=[N+]=[N-])[C@@H]1OCOC. The summed E-state index contributed by atoms with van der Waals surface area (Å²) in [7, 11) is 0.264. The fourth-order valence-corrected chi connectivity index (χ4v) is 7.17. The Labute approximate surface area is 307 Å². The normalized spacial score (nSPS) is 23.0. The van der Waals surface area contributed by atoms with Crippen molar-refractivity contribution in [1.29, 1.82) is 0 Å². The van der Waals surface area contributed by atoms with Gasteiger partial charge in [-0.15, -0.1) is 0 Å². The van der Waals surface area contributed by atoms with Crippen molar-refractivity contribution < 1.29 is 48.2 Å². The van der Waals surface area contributed by atoms with Gasteiger partial charge in [0, 0.05) is 19.1 Å². The van der Waals surface area contributed by atoms with E-state index in [-0.39, 0.29) is 18.6 Å². The van der Waals surface area contributed by atoms with Crippen molar-refractivity contribution in [2.24, 2.45) is 5.11 Å². The lowest BCUT2D eigenvalue weighted by Crippen LogP contribution is -2.66. The quantitative estimate of drug-likeness (QED) is 0.0379. The highest BCUT2D eigenvalue weighted by molar-refractivity contribution is 6.74. The molecule has 13 nitrogen and oxygen atoms in total. The highest BCUT2D eigenvalue weighted by atomic mass is 28.4. The van der Waals surface area contributed by atoms with Crippen LogP contribution in [-0.2, 0) is 38.4 Å². The molecule has 14 heteroatoms. The molecule has 284 valence electrons. The minimum absolute atomic E-state index is 0.218. The molecule has 0 amide bonds. The van der Waals surface area contributed by atoms with Crippen molar-refractivity contribution in [3.8, 4) is 0 Å². The molecule has 1 aliphatic heterocycles. The molecule has 0 aromatic heterocycles. The zero-order valence-electron chi connectivity index (χ0n) is 30.9. The first-order valence-electron chi connectivity index (χ1n) is 17.3. The maximum atomic E-state index is 11.9. The van der Waals surface area contributed by atoms with Crippen molar-refractivity contribution in [2.45, 2.75) is 93.5 Å². The van der Waals surface area contributed by atoms with Crippen LogP contribution >= 0.6 is 0 Å². The molecule has 1 fully saturated rings. The molecule has 1 heterocycles. The lowest BCUT2D eigenvalue weighted by Gasteiger charge is -2.49. The van der Waals surface area contributed by atoms with Crippen LogP contribution < -0.4 is 0 Å². The van der Waals surface area contributed by atoms with Gasteiger partial charge in [0.25, 0.3) is 0 Å². The predicted molar refractivity (Wildman–Crippen MR) is 197 cm³/mol. The molecule has 0 radical (unpaired) electrons. The molecule has 0 aliphatic carbocycles. The monoisotopic (exact) mass is 739 g/mol. The van der Waals surface area contributed by atoms with E-state index in [2.05, 4.69) is 10.0 Å². The van der Waals surface area contributed by atoms with E-state index in [9.17, 15) is 20.9 Å². The number of hydrogen-bond donors (Lipinski definition) is 3. The Kier molecular flexibility index (Phi) is 14.9. The molecule has 0 unspecified atom stereocenters. The first-order valence-corrected chi connectivity index (χ1v) is 20.2. The number of benzene rings is 3. The van der Waals surface area contributed by atoms with Crippen molar-refractivity contribution in [1.82, 2.24) is 0 Å². The predicted octanol–water partition coefficient (Wildman–Crippen LogP) is 5.48. The Hall–Kier alpha value is -3.21. The molecule has 4 rings (SSSR count). The zero-order valence-corrected chi connectivity index (χ0v) is 31.9. The minimum Gasteiger partial charge on any atom is -0.392 e. The molecule has 52 heavy (non-hydrogen) atoms. The summed E-state index contributed by atoms with van der Waals surface area (Å²) in [6.07, 6.45) is -10.0. The lowest BCUT2D eigenvalue weighted by molar-refractivity contribution is -0.300. The van der Waals surface area contributed by atoms with Gasteiger partial charge >= 0.3 is 0 Å². The van der Waals surface area contributed by atoms with Gasteiger partial charge < -0.3 is 48.2 Å². The molecule has 8 atom stereocenters. The number of rotatable bonds is 18. The Morgan fingerprint density at radius 2 is 1.25 bits per heavy atom. The first kappa shape index (κ1) is 41.5. The van der Waals surface area contributed by atoms with Crippen LogP contribution in [0.1, 0.15) is 37.5 Å². The highest BCUT2D eigenvalue weighted by Crippen LogP contribution is 2.42. The number of nitrogens with zero attached hydrogens (tertiary/aromatic N) is 3. The van der Waals surface area contributed by atoms with Crippen LogP contribution in [0.3, 0.4) is 0 Å². The minimum atomic E-state index is -2.59. The molecule has 1 saturated heterocycles. The fourth-order valence-electron chi connectivity index (χ4n) is 6.04. The third-order valence-electron chi connectivity index (χ3n) is 9.81. The second-order valence-electron chi connectivity index (χ2n) is 14.3. The van der Waals surface area contributed by atoms with Crippen molar-refractivity contribution >= 4 is 8.32 Å². The van der Waals surface area contributed by atoms with E-state index in [0.717, 1.165) is 16.7 Å². The molecule has 3 N–H and O–H groups in total. The van der Waals surface area contributed by atoms with Gasteiger partial charge in [0.1, 0.15) is 61.9 Å². The summed E-state index contributed by atoms with van der Waals surface area (Å²) in [4.78, 5) is 3.03. The molecular formula is C38H53N3O10Si. The van der Waals surface area contributed by atoms with E-state index in [4.69, 9.17) is 32.8 Å². The average molecular weight is 740 g/mol. The second kappa shape index (κ2) is 18.7. The fraction of sp³-hybridized carbons (Fsp3) is 0.526. The molecule has 3 aromatic rings. The third-order valence-corrected chi connectivity index (χ3v) is 14.2. The topological polar surface area (TPSA) is 174 Å². The van der Waals surface area contributed by atoms with Crippen molar-refractivity contribution in [3.05, 3.63) is 118 Å². The van der Waals surface area contributed by atoms with Crippen molar-refractivity contribution in [2.75, 3.05) is 34.4 Å². The Morgan fingerprint density at radius 1 is 0.788 bits per heavy atom. The van der Waals surface area contributed by atoms with Gasteiger partial charge in [-0.1, -0.05) is 117 Å². The first-order chi connectivity index (χ1) is 24.8. The molecule has 3 aromatic carbocycles. The van der Waals surface area contributed by atoms with Crippen LogP contribution in [0.2, 0.25) is 18.1 Å². The van der Waals surface area contributed by atoms with Crippen LogP contribution in [0.25, 0.3) is 10.4 Å². The Morgan fingerprint density at radius 3 is 1.67 bits per heavy atom. The van der Waals surface area contributed by atoms with Crippen LogP contribution in [0.15, 0.2) is 96.1 Å². The summed E-state index contributed by atoms with van der Waals surface area (Å²) in [5.74, 6) is 0. The molecule has 1 aliphatic rings. The third kappa shape index (κ3) is 9.47. The summed E-state index contributed by atoms with van der Waals surface area (Å²) in [5.41, 5.74) is 10.8. The summed E-state index contributed by atoms with van der Waals surface area (Å²) in [5, 5.41) is 38.8. The summed E-state index contributed by atoms with van der Waals surface area (Å²) in [6, 6.07) is 27.7. The van der Waals surface area contributed by atoms with E-state index in [0.29, 0.717) is 0 Å². The number of methoxy groups -OCH3 is 2. The van der Waals surface area contributed by atoms with Crippen LogP contribution in [0, 0.1) is 0 Å². The van der Waals surface area contributed by atoms with Gasteiger partial charge in [-0.2, -0.15) is 0 Å². The van der Waals surface area contributed by atoms with Crippen LogP contribution in [0.4, 0.5) is 0 Å². The average Bonchev–Trinajstić information content (AvgIpc) is 3.14. The van der Waals surface area contributed by atoms with E-state index in [1.54, 1.807) is 0 Å². The van der Waals surface area contributed by atoms with Crippen LogP contribution in [-0.4, -0.2) is 107 Å². The zero-order chi connectivity index (χ0) is 37.9. The van der Waals surface area contributed by atoms with Crippen molar-refractivity contribution in [3.63, 3.8) is 0 Å². The van der Waals surface area contributed by atoms with Gasteiger partial charge in [0.05, 0.1) is 6.61 Å². The number of aliphatic hydroxyl groups is 3. The number of ether oxygens (including phenoxy) is 6. The summed E-state index contributed by atoms with van der Waals surface area (Å²) < 4.78 is 42.0.